The molecule has 0 aliphatic carbocycles. The Hall–Kier alpha value is -0.950. The predicted molar refractivity (Wildman–Crippen MR) is 73.4 cm³/mol. The van der Waals surface area contributed by atoms with Crippen LogP contribution in [0.5, 0.6) is 0 Å². The van der Waals surface area contributed by atoms with Gasteiger partial charge in [-0.2, -0.15) is 8.42 Å². The van der Waals surface area contributed by atoms with Crippen LogP contribution in [0.4, 0.5) is 0 Å². The Labute approximate surface area is 114 Å². The van der Waals surface area contributed by atoms with Crippen molar-refractivity contribution in [3.8, 4) is 0 Å². The number of likely N-dealkylation sites (N-methyl/N-ethyl adjacent to an activating group) is 1. The summed E-state index contributed by atoms with van der Waals surface area (Å²) in [5.74, 6) is 0. The van der Waals surface area contributed by atoms with E-state index in [0.29, 0.717) is 16.6 Å². The number of aliphatic hydroxyl groups is 1. The Morgan fingerprint density at radius 3 is 2.37 bits per heavy atom. The zero-order chi connectivity index (χ0) is 14.8. The van der Waals surface area contributed by atoms with E-state index in [9.17, 15) is 18.1 Å². The highest BCUT2D eigenvalue weighted by atomic mass is 32.2. The average Bonchev–Trinajstić information content (AvgIpc) is 2.25. The molecule has 0 aromatic heterocycles. The molecule has 1 rings (SSSR count). The van der Waals surface area contributed by atoms with E-state index < -0.39 is 10.1 Å². The first-order chi connectivity index (χ1) is 8.58. The van der Waals surface area contributed by atoms with Crippen LogP contribution >= 0.6 is 0 Å². The van der Waals surface area contributed by atoms with Crippen molar-refractivity contribution < 1.29 is 22.6 Å². The minimum Gasteiger partial charge on any atom is -0.390 e. The van der Waals surface area contributed by atoms with Crippen molar-refractivity contribution in [3.63, 3.8) is 0 Å². The smallest absolute Gasteiger partial charge is 0.295 e. The van der Waals surface area contributed by atoms with Crippen molar-refractivity contribution in [1.82, 2.24) is 0 Å². The summed E-state index contributed by atoms with van der Waals surface area (Å²) in [5.41, 5.74) is 1.49. The van der Waals surface area contributed by atoms with Crippen LogP contribution in [0.2, 0.25) is 0 Å². The van der Waals surface area contributed by atoms with E-state index in [1.165, 1.54) is 6.07 Å². The molecule has 1 aromatic rings. The second kappa shape index (κ2) is 5.58. The lowest BCUT2D eigenvalue weighted by Gasteiger charge is -2.35. The molecule has 6 heteroatoms. The van der Waals surface area contributed by atoms with Crippen LogP contribution < -0.4 is 0 Å². The summed E-state index contributed by atoms with van der Waals surface area (Å²) < 4.78 is 32.5. The number of rotatable bonds is 5. The summed E-state index contributed by atoms with van der Waals surface area (Å²) in [6, 6.07) is 4.80. The minimum atomic E-state index is -4.23. The van der Waals surface area contributed by atoms with E-state index in [1.54, 1.807) is 12.1 Å². The van der Waals surface area contributed by atoms with Gasteiger partial charge in [-0.1, -0.05) is 11.6 Å². The van der Waals surface area contributed by atoms with E-state index in [4.69, 9.17) is 0 Å². The molecule has 0 radical (unpaired) electrons. The number of hydrogen-bond acceptors (Lipinski definition) is 3. The van der Waals surface area contributed by atoms with Gasteiger partial charge >= 0.3 is 0 Å². The SMILES string of the molecule is Cc1ccc(S(=O)(=O)O)c(C[N+](C)(C)[C@H](C)CO)c1. The van der Waals surface area contributed by atoms with Crippen LogP contribution in [0.25, 0.3) is 0 Å². The van der Waals surface area contributed by atoms with Crippen molar-refractivity contribution in [2.75, 3.05) is 20.7 Å². The first-order valence-electron chi connectivity index (χ1n) is 6.08. The van der Waals surface area contributed by atoms with Gasteiger partial charge in [0.05, 0.1) is 20.7 Å². The van der Waals surface area contributed by atoms with Crippen molar-refractivity contribution in [1.29, 1.82) is 0 Å². The van der Waals surface area contributed by atoms with E-state index in [1.807, 2.05) is 27.9 Å². The molecule has 0 spiro atoms. The summed E-state index contributed by atoms with van der Waals surface area (Å²) in [5, 5.41) is 9.25. The Balaban J connectivity index is 3.24. The number of aryl methyl sites for hydroxylation is 1. The molecule has 19 heavy (non-hydrogen) atoms. The molecule has 0 aliphatic rings. The fraction of sp³-hybridized carbons (Fsp3) is 0.538. The molecule has 0 aliphatic heterocycles. The van der Waals surface area contributed by atoms with Gasteiger partial charge in [0, 0.05) is 5.56 Å². The van der Waals surface area contributed by atoms with Crippen LogP contribution in [-0.2, 0) is 16.7 Å². The predicted octanol–water partition coefficient (Wildman–Crippen LogP) is 1.20. The van der Waals surface area contributed by atoms with E-state index in [0.717, 1.165) is 5.56 Å². The fourth-order valence-electron chi connectivity index (χ4n) is 1.90. The first kappa shape index (κ1) is 16.1. The Bertz CT molecular complexity index is 552. The van der Waals surface area contributed by atoms with Crippen LogP contribution in [0.15, 0.2) is 23.1 Å². The summed E-state index contributed by atoms with van der Waals surface area (Å²) in [6.07, 6.45) is 0. The van der Waals surface area contributed by atoms with Gasteiger partial charge < -0.3 is 9.59 Å². The first-order valence-corrected chi connectivity index (χ1v) is 7.52. The van der Waals surface area contributed by atoms with Gasteiger partial charge in [-0.25, -0.2) is 0 Å². The standard InChI is InChI=1S/C13H21NO4S/c1-10-5-6-13(19(16,17)18)12(7-10)8-14(3,4)11(2)9-15/h5-7,11,15H,8-9H2,1-4H3/p+1/t11-/m1/s1. The highest BCUT2D eigenvalue weighted by Gasteiger charge is 2.27. The van der Waals surface area contributed by atoms with E-state index in [-0.39, 0.29) is 17.5 Å². The minimum absolute atomic E-state index is 0.0139. The Kier molecular flexibility index (Phi) is 4.73. The maximum absolute atomic E-state index is 11.4. The molecule has 0 heterocycles. The molecule has 2 N–H and O–H groups in total. The largest absolute Gasteiger partial charge is 0.390 e. The monoisotopic (exact) mass is 288 g/mol. The van der Waals surface area contributed by atoms with Gasteiger partial charge in [0.2, 0.25) is 0 Å². The Morgan fingerprint density at radius 1 is 1.32 bits per heavy atom. The second-order valence-corrected chi connectivity index (χ2v) is 6.94. The van der Waals surface area contributed by atoms with Crippen molar-refractivity contribution in [2.45, 2.75) is 31.3 Å². The topological polar surface area (TPSA) is 74.6 Å². The quantitative estimate of drug-likeness (QED) is 0.630. The molecular formula is C13H22NO4S+. The van der Waals surface area contributed by atoms with Gasteiger partial charge in [-0.05, 0) is 26.0 Å². The molecule has 0 saturated carbocycles. The molecule has 0 unspecified atom stereocenters. The second-order valence-electron chi connectivity index (χ2n) is 5.55. The van der Waals surface area contributed by atoms with Crippen LogP contribution in [0.1, 0.15) is 18.1 Å². The summed E-state index contributed by atoms with van der Waals surface area (Å²) >= 11 is 0. The zero-order valence-corrected chi connectivity index (χ0v) is 12.6. The molecule has 5 nitrogen and oxygen atoms in total. The molecule has 1 aromatic carbocycles. The average molecular weight is 288 g/mol. The van der Waals surface area contributed by atoms with Gasteiger partial charge in [0.15, 0.2) is 0 Å². The lowest BCUT2D eigenvalue weighted by molar-refractivity contribution is -0.926. The number of nitrogens with zero attached hydrogens (tertiary/aromatic N) is 1. The van der Waals surface area contributed by atoms with Gasteiger partial charge in [-0.3, -0.25) is 4.55 Å². The molecular weight excluding hydrogens is 266 g/mol. The normalized spacial score (nSPS) is 14.4. The maximum Gasteiger partial charge on any atom is 0.295 e. The van der Waals surface area contributed by atoms with Crippen LogP contribution in [0.3, 0.4) is 0 Å². The molecule has 108 valence electrons. The third kappa shape index (κ3) is 4.01. The fourth-order valence-corrected chi connectivity index (χ4v) is 2.59. The van der Waals surface area contributed by atoms with Gasteiger partial charge in [-0.15, -0.1) is 0 Å². The molecule has 0 fully saturated rings. The number of benzene rings is 1. The summed E-state index contributed by atoms with van der Waals surface area (Å²) in [4.78, 5) is -0.0607. The van der Waals surface area contributed by atoms with E-state index >= 15 is 0 Å². The molecule has 0 amide bonds. The maximum atomic E-state index is 11.4. The molecule has 0 saturated heterocycles. The van der Waals surface area contributed by atoms with Crippen molar-refractivity contribution in [3.05, 3.63) is 29.3 Å². The van der Waals surface area contributed by atoms with E-state index in [2.05, 4.69) is 0 Å². The lowest BCUT2D eigenvalue weighted by Crippen LogP contribution is -2.48. The van der Waals surface area contributed by atoms with Gasteiger partial charge in [0.25, 0.3) is 10.1 Å². The van der Waals surface area contributed by atoms with Crippen LogP contribution in [0, 0.1) is 6.92 Å². The van der Waals surface area contributed by atoms with Crippen molar-refractivity contribution in [2.24, 2.45) is 0 Å². The summed E-state index contributed by atoms with van der Waals surface area (Å²) in [6.45, 7) is 4.19. The third-order valence-corrected chi connectivity index (χ3v) is 4.48. The number of quaternary nitrogens is 1. The van der Waals surface area contributed by atoms with Crippen molar-refractivity contribution >= 4 is 10.1 Å². The summed E-state index contributed by atoms with van der Waals surface area (Å²) in [7, 11) is -0.400. The van der Waals surface area contributed by atoms with Crippen LogP contribution in [-0.4, -0.2) is 49.3 Å². The molecule has 0 bridgehead atoms. The zero-order valence-electron chi connectivity index (χ0n) is 11.8. The lowest BCUT2D eigenvalue weighted by atomic mass is 10.1. The molecule has 1 atom stereocenters. The van der Waals surface area contributed by atoms with Gasteiger partial charge in [0.1, 0.15) is 17.5 Å². The highest BCUT2D eigenvalue weighted by Crippen LogP contribution is 2.22. The number of aliphatic hydroxyl groups excluding tert-OH is 1. The number of hydrogen-bond donors (Lipinski definition) is 2. The third-order valence-electron chi connectivity index (χ3n) is 3.53. The highest BCUT2D eigenvalue weighted by molar-refractivity contribution is 7.85. The Morgan fingerprint density at radius 2 is 1.89 bits per heavy atom.